The number of amides is 1. The number of carbonyl (C=O) groups excluding carboxylic acids is 1. The Morgan fingerprint density at radius 3 is 2.14 bits per heavy atom. The molecule has 0 bridgehead atoms. The van der Waals surface area contributed by atoms with E-state index in [2.05, 4.69) is 33.0 Å². The van der Waals surface area contributed by atoms with Crippen LogP contribution in [0.25, 0.3) is 0 Å². The second-order valence-electron chi connectivity index (χ2n) is 6.56. The number of aliphatic carboxylic acids is 1. The molecule has 1 unspecified atom stereocenters. The molecule has 1 saturated carbocycles. The molecule has 6 heteroatoms. The standard InChI is InChI=1S/C15H28N2O4/c1-8(2)13(9(3)4)21-15(10-5-6-10)17-14(20)11(16)7-12(18)19/h8-11,13,15H,5-7,16H2,1-4H3,(H,17,20)(H,18,19)/t11-,15?/m0/s1. The quantitative estimate of drug-likeness (QED) is 0.558. The summed E-state index contributed by atoms with van der Waals surface area (Å²) in [5.41, 5.74) is 5.59. The van der Waals surface area contributed by atoms with E-state index < -0.39 is 17.9 Å². The molecule has 0 spiro atoms. The minimum Gasteiger partial charge on any atom is -0.481 e. The average molecular weight is 300 g/mol. The highest BCUT2D eigenvalue weighted by Crippen LogP contribution is 2.35. The average Bonchev–Trinajstić information content (AvgIpc) is 3.16. The van der Waals surface area contributed by atoms with E-state index in [1.165, 1.54) is 0 Å². The van der Waals surface area contributed by atoms with E-state index in [9.17, 15) is 9.59 Å². The van der Waals surface area contributed by atoms with Gasteiger partial charge in [0, 0.05) is 5.92 Å². The molecule has 1 aliphatic carbocycles. The van der Waals surface area contributed by atoms with Crippen molar-refractivity contribution in [2.75, 3.05) is 0 Å². The molecule has 21 heavy (non-hydrogen) atoms. The normalized spacial score (nSPS) is 18.1. The van der Waals surface area contributed by atoms with Crippen molar-refractivity contribution in [1.82, 2.24) is 5.32 Å². The van der Waals surface area contributed by atoms with Crippen molar-refractivity contribution in [1.29, 1.82) is 0 Å². The van der Waals surface area contributed by atoms with Gasteiger partial charge in [0.05, 0.1) is 18.6 Å². The summed E-state index contributed by atoms with van der Waals surface area (Å²) in [6, 6.07) is -1.04. The molecule has 1 aliphatic rings. The Morgan fingerprint density at radius 1 is 1.24 bits per heavy atom. The smallest absolute Gasteiger partial charge is 0.305 e. The molecule has 2 atom stereocenters. The largest absolute Gasteiger partial charge is 0.481 e. The van der Waals surface area contributed by atoms with Crippen LogP contribution in [0, 0.1) is 17.8 Å². The fraction of sp³-hybridized carbons (Fsp3) is 0.867. The lowest BCUT2D eigenvalue weighted by Crippen LogP contribution is -2.50. The molecular formula is C15H28N2O4. The molecule has 1 fully saturated rings. The van der Waals surface area contributed by atoms with Gasteiger partial charge in [-0.15, -0.1) is 0 Å². The number of carboxylic acid groups (broad SMARTS) is 1. The Bertz CT molecular complexity index is 359. The fourth-order valence-corrected chi connectivity index (χ4v) is 2.44. The van der Waals surface area contributed by atoms with Crippen LogP contribution in [0.2, 0.25) is 0 Å². The summed E-state index contributed by atoms with van der Waals surface area (Å²) in [6.07, 6.45) is 1.34. The zero-order valence-corrected chi connectivity index (χ0v) is 13.3. The van der Waals surface area contributed by atoms with E-state index in [1.54, 1.807) is 0 Å². The first kappa shape index (κ1) is 17.9. The molecular weight excluding hydrogens is 272 g/mol. The van der Waals surface area contributed by atoms with Crippen LogP contribution in [0.1, 0.15) is 47.0 Å². The van der Waals surface area contributed by atoms with E-state index in [4.69, 9.17) is 15.6 Å². The van der Waals surface area contributed by atoms with E-state index in [1.807, 2.05) is 0 Å². The summed E-state index contributed by atoms with van der Waals surface area (Å²) >= 11 is 0. The molecule has 0 saturated heterocycles. The number of carbonyl (C=O) groups is 2. The van der Waals surface area contributed by atoms with Gasteiger partial charge in [0.25, 0.3) is 0 Å². The molecule has 0 aromatic carbocycles. The number of nitrogens with one attached hydrogen (secondary N) is 1. The molecule has 1 rings (SSSR count). The molecule has 0 radical (unpaired) electrons. The van der Waals surface area contributed by atoms with Gasteiger partial charge in [0.1, 0.15) is 6.23 Å². The maximum absolute atomic E-state index is 12.0. The number of hydrogen-bond donors (Lipinski definition) is 3. The van der Waals surface area contributed by atoms with Gasteiger partial charge in [-0.05, 0) is 24.7 Å². The van der Waals surface area contributed by atoms with Crippen LogP contribution in [-0.2, 0) is 14.3 Å². The molecule has 6 nitrogen and oxygen atoms in total. The van der Waals surface area contributed by atoms with Crippen LogP contribution in [0.4, 0.5) is 0 Å². The maximum atomic E-state index is 12.0. The third kappa shape index (κ3) is 6.01. The van der Waals surface area contributed by atoms with E-state index in [-0.39, 0.29) is 18.8 Å². The van der Waals surface area contributed by atoms with Crippen molar-refractivity contribution < 1.29 is 19.4 Å². The van der Waals surface area contributed by atoms with Crippen LogP contribution in [-0.4, -0.2) is 35.4 Å². The number of nitrogens with two attached hydrogens (primary N) is 1. The Hall–Kier alpha value is -1.14. The minimum atomic E-state index is -1.08. The highest BCUT2D eigenvalue weighted by molar-refractivity contribution is 5.86. The van der Waals surface area contributed by atoms with E-state index in [0.29, 0.717) is 17.8 Å². The van der Waals surface area contributed by atoms with Crippen molar-refractivity contribution in [3.8, 4) is 0 Å². The van der Waals surface area contributed by atoms with Crippen LogP contribution >= 0.6 is 0 Å². The second kappa shape index (κ2) is 7.75. The van der Waals surface area contributed by atoms with Gasteiger partial charge >= 0.3 is 5.97 Å². The van der Waals surface area contributed by atoms with E-state index in [0.717, 1.165) is 12.8 Å². The Balaban J connectivity index is 2.61. The van der Waals surface area contributed by atoms with Crippen molar-refractivity contribution in [2.45, 2.75) is 65.3 Å². The third-order valence-corrected chi connectivity index (χ3v) is 3.68. The maximum Gasteiger partial charge on any atom is 0.305 e. The van der Waals surface area contributed by atoms with Gasteiger partial charge < -0.3 is 20.9 Å². The number of ether oxygens (including phenoxy) is 1. The molecule has 0 heterocycles. The van der Waals surface area contributed by atoms with Crippen molar-refractivity contribution in [3.63, 3.8) is 0 Å². The first-order valence-corrected chi connectivity index (χ1v) is 7.65. The summed E-state index contributed by atoms with van der Waals surface area (Å²) in [6.45, 7) is 8.36. The summed E-state index contributed by atoms with van der Waals surface area (Å²) in [5.74, 6) is -0.540. The number of carboxylic acids is 1. The summed E-state index contributed by atoms with van der Waals surface area (Å²) < 4.78 is 6.09. The zero-order valence-electron chi connectivity index (χ0n) is 13.3. The molecule has 0 aromatic heterocycles. The van der Waals surface area contributed by atoms with Crippen LogP contribution in [0.5, 0.6) is 0 Å². The first-order chi connectivity index (χ1) is 9.72. The predicted octanol–water partition coefficient (Wildman–Crippen LogP) is 1.34. The Kier molecular flexibility index (Phi) is 6.61. The number of rotatable bonds is 9. The molecule has 0 aromatic rings. The van der Waals surface area contributed by atoms with Gasteiger partial charge in [0.2, 0.25) is 5.91 Å². The van der Waals surface area contributed by atoms with Gasteiger partial charge in [-0.25, -0.2) is 0 Å². The van der Waals surface area contributed by atoms with Gasteiger partial charge in [-0.3, -0.25) is 9.59 Å². The van der Waals surface area contributed by atoms with Crippen molar-refractivity contribution in [2.24, 2.45) is 23.5 Å². The highest BCUT2D eigenvalue weighted by Gasteiger charge is 2.37. The number of hydrogen-bond acceptors (Lipinski definition) is 4. The third-order valence-electron chi connectivity index (χ3n) is 3.68. The topological polar surface area (TPSA) is 102 Å². The van der Waals surface area contributed by atoms with Gasteiger partial charge in [-0.1, -0.05) is 27.7 Å². The van der Waals surface area contributed by atoms with Crippen LogP contribution < -0.4 is 11.1 Å². The van der Waals surface area contributed by atoms with Crippen molar-refractivity contribution >= 4 is 11.9 Å². The zero-order chi connectivity index (χ0) is 16.2. The van der Waals surface area contributed by atoms with Gasteiger partial charge in [0.15, 0.2) is 0 Å². The lowest BCUT2D eigenvalue weighted by Gasteiger charge is -2.31. The van der Waals surface area contributed by atoms with Gasteiger partial charge in [-0.2, -0.15) is 0 Å². The SMILES string of the molecule is CC(C)C(OC(NC(=O)[C@@H](N)CC(=O)O)C1CC1)C(C)C. The Labute approximate surface area is 126 Å². The second-order valence-corrected chi connectivity index (χ2v) is 6.56. The van der Waals surface area contributed by atoms with E-state index >= 15 is 0 Å². The summed E-state index contributed by atoms with van der Waals surface area (Å²) in [4.78, 5) is 22.6. The highest BCUT2D eigenvalue weighted by atomic mass is 16.5. The molecule has 0 aliphatic heterocycles. The van der Waals surface area contributed by atoms with Crippen molar-refractivity contribution in [3.05, 3.63) is 0 Å². The lowest BCUT2D eigenvalue weighted by atomic mass is 9.96. The summed E-state index contributed by atoms with van der Waals surface area (Å²) in [5, 5.41) is 11.5. The van der Waals surface area contributed by atoms with Crippen LogP contribution in [0.3, 0.4) is 0 Å². The molecule has 1 amide bonds. The summed E-state index contributed by atoms with van der Waals surface area (Å²) in [7, 11) is 0. The predicted molar refractivity (Wildman–Crippen MR) is 79.4 cm³/mol. The van der Waals surface area contributed by atoms with Crippen LogP contribution in [0.15, 0.2) is 0 Å². The first-order valence-electron chi connectivity index (χ1n) is 7.65. The molecule has 4 N–H and O–H groups in total. The minimum absolute atomic E-state index is 0.0478. The monoisotopic (exact) mass is 300 g/mol. The fourth-order valence-electron chi connectivity index (χ4n) is 2.44. The lowest BCUT2D eigenvalue weighted by molar-refractivity contribution is -0.142. The Morgan fingerprint density at radius 2 is 1.76 bits per heavy atom. The molecule has 122 valence electrons.